The summed E-state index contributed by atoms with van der Waals surface area (Å²) >= 11 is 0. The third-order valence-corrected chi connectivity index (χ3v) is 3.06. The zero-order valence-corrected chi connectivity index (χ0v) is 11.2. The molecule has 5 N–H and O–H groups in total. The van der Waals surface area contributed by atoms with Gasteiger partial charge in [0.25, 0.3) is 0 Å². The zero-order chi connectivity index (χ0) is 14.3. The van der Waals surface area contributed by atoms with Gasteiger partial charge in [-0.3, -0.25) is 14.4 Å². The Morgan fingerprint density at radius 3 is 2.47 bits per heavy atom. The molecule has 0 radical (unpaired) electrons. The highest BCUT2D eigenvalue weighted by Crippen LogP contribution is 2.04. The van der Waals surface area contributed by atoms with Crippen molar-refractivity contribution in [3.05, 3.63) is 0 Å². The van der Waals surface area contributed by atoms with E-state index in [1.54, 1.807) is 0 Å². The van der Waals surface area contributed by atoms with Gasteiger partial charge in [-0.1, -0.05) is 0 Å². The van der Waals surface area contributed by atoms with Crippen LogP contribution in [-0.4, -0.2) is 42.9 Å². The molecule has 7 heteroatoms. The summed E-state index contributed by atoms with van der Waals surface area (Å²) in [6.45, 7) is 3.09. The van der Waals surface area contributed by atoms with Crippen molar-refractivity contribution in [3.8, 4) is 0 Å². The topological polar surface area (TPSA) is 113 Å². The fourth-order valence-electron chi connectivity index (χ4n) is 2.07. The van der Waals surface area contributed by atoms with Crippen LogP contribution in [0, 0.1) is 0 Å². The van der Waals surface area contributed by atoms with Crippen LogP contribution >= 0.6 is 0 Å². The highest BCUT2D eigenvalue weighted by atomic mass is 16.2. The molecule has 0 unspecified atom stereocenters. The molecule has 0 aliphatic carbocycles. The van der Waals surface area contributed by atoms with E-state index in [2.05, 4.69) is 16.0 Å². The van der Waals surface area contributed by atoms with Crippen LogP contribution in [0.25, 0.3) is 0 Å². The van der Waals surface area contributed by atoms with Gasteiger partial charge in [-0.25, -0.2) is 0 Å². The Bertz CT molecular complexity index is 340. The van der Waals surface area contributed by atoms with Crippen LogP contribution < -0.4 is 21.7 Å². The largest absolute Gasteiger partial charge is 0.370 e. The third kappa shape index (κ3) is 6.19. The lowest BCUT2D eigenvalue weighted by Crippen LogP contribution is -2.51. The zero-order valence-electron chi connectivity index (χ0n) is 11.2. The van der Waals surface area contributed by atoms with E-state index in [0.717, 1.165) is 25.9 Å². The van der Waals surface area contributed by atoms with Crippen LogP contribution in [-0.2, 0) is 14.4 Å². The number of nitrogens with one attached hydrogen (secondary N) is 3. The van der Waals surface area contributed by atoms with Gasteiger partial charge in [-0.2, -0.15) is 0 Å². The molecule has 1 heterocycles. The number of hydrogen-bond donors (Lipinski definition) is 4. The molecule has 0 saturated carbocycles. The molecule has 1 fully saturated rings. The molecule has 1 saturated heterocycles. The Labute approximate surface area is 112 Å². The predicted octanol–water partition coefficient (Wildman–Crippen LogP) is -1.38. The van der Waals surface area contributed by atoms with E-state index in [1.807, 2.05) is 0 Å². The maximum Gasteiger partial charge on any atom is 0.242 e. The maximum atomic E-state index is 12.1. The summed E-state index contributed by atoms with van der Waals surface area (Å²) in [5.74, 6) is -1.02. The molecule has 0 aromatic heterocycles. The molecule has 1 rings (SSSR count). The van der Waals surface area contributed by atoms with Gasteiger partial charge in [0.15, 0.2) is 0 Å². The summed E-state index contributed by atoms with van der Waals surface area (Å²) in [6, 6.07) is -0.571. The maximum absolute atomic E-state index is 12.1. The molecule has 108 valence electrons. The van der Waals surface area contributed by atoms with Crippen LogP contribution in [0.3, 0.4) is 0 Å². The minimum absolute atomic E-state index is 0.0740. The first-order valence-corrected chi connectivity index (χ1v) is 6.55. The molecule has 0 aromatic carbocycles. The number of rotatable bonds is 6. The van der Waals surface area contributed by atoms with Crippen molar-refractivity contribution in [1.29, 1.82) is 0 Å². The van der Waals surface area contributed by atoms with Crippen molar-refractivity contribution in [2.75, 3.05) is 13.1 Å². The second kappa shape index (κ2) is 7.73. The van der Waals surface area contributed by atoms with Crippen LogP contribution in [0.5, 0.6) is 0 Å². The number of carbonyl (C=O) groups excluding carboxylic acids is 3. The summed E-state index contributed by atoms with van der Waals surface area (Å²) < 4.78 is 0. The Morgan fingerprint density at radius 2 is 1.95 bits per heavy atom. The number of amides is 3. The van der Waals surface area contributed by atoms with Gasteiger partial charge in [0.05, 0.1) is 0 Å². The first kappa shape index (κ1) is 15.4. The smallest absolute Gasteiger partial charge is 0.242 e. The Kier molecular flexibility index (Phi) is 6.27. The molecule has 3 amide bonds. The van der Waals surface area contributed by atoms with Gasteiger partial charge in [0.2, 0.25) is 17.7 Å². The summed E-state index contributed by atoms with van der Waals surface area (Å²) in [6.07, 6.45) is 2.04. The monoisotopic (exact) mass is 270 g/mol. The lowest BCUT2D eigenvalue weighted by molar-refractivity contribution is -0.129. The molecule has 1 aliphatic rings. The van der Waals surface area contributed by atoms with Gasteiger partial charge in [0, 0.05) is 19.4 Å². The van der Waals surface area contributed by atoms with E-state index >= 15 is 0 Å². The van der Waals surface area contributed by atoms with Crippen molar-refractivity contribution >= 4 is 17.7 Å². The molecule has 7 nitrogen and oxygen atoms in total. The van der Waals surface area contributed by atoms with Gasteiger partial charge in [-0.15, -0.1) is 0 Å². The predicted molar refractivity (Wildman–Crippen MR) is 70.1 cm³/mol. The van der Waals surface area contributed by atoms with E-state index in [-0.39, 0.29) is 30.7 Å². The molecule has 19 heavy (non-hydrogen) atoms. The van der Waals surface area contributed by atoms with Gasteiger partial charge in [0.1, 0.15) is 6.04 Å². The molecular formula is C12H22N4O3. The number of piperidine rings is 1. The second-order valence-corrected chi connectivity index (χ2v) is 4.79. The number of nitrogens with two attached hydrogens (primary N) is 1. The van der Waals surface area contributed by atoms with Crippen molar-refractivity contribution in [3.63, 3.8) is 0 Å². The van der Waals surface area contributed by atoms with E-state index < -0.39 is 11.9 Å². The van der Waals surface area contributed by atoms with Crippen molar-refractivity contribution < 1.29 is 14.4 Å². The summed E-state index contributed by atoms with van der Waals surface area (Å²) in [5, 5.41) is 8.66. The van der Waals surface area contributed by atoms with E-state index in [1.165, 1.54) is 6.92 Å². The number of primary amides is 1. The fourth-order valence-corrected chi connectivity index (χ4v) is 2.07. The minimum Gasteiger partial charge on any atom is -0.370 e. The number of carbonyl (C=O) groups is 3. The average Bonchev–Trinajstić information content (AvgIpc) is 2.35. The van der Waals surface area contributed by atoms with Crippen LogP contribution in [0.1, 0.15) is 32.6 Å². The van der Waals surface area contributed by atoms with E-state index in [4.69, 9.17) is 5.73 Å². The van der Waals surface area contributed by atoms with Crippen molar-refractivity contribution in [2.45, 2.75) is 44.7 Å². The highest BCUT2D eigenvalue weighted by molar-refractivity contribution is 5.87. The molecule has 0 spiro atoms. The number of hydrogen-bond acceptors (Lipinski definition) is 4. The van der Waals surface area contributed by atoms with Crippen LogP contribution in [0.2, 0.25) is 0 Å². The molecule has 0 bridgehead atoms. The first-order chi connectivity index (χ1) is 8.99. The first-order valence-electron chi connectivity index (χ1n) is 6.55. The SMILES string of the molecule is CC(=O)N[C@@H](CCC(N)=O)C(=O)NC1CCNCC1. The van der Waals surface area contributed by atoms with Crippen molar-refractivity contribution in [1.82, 2.24) is 16.0 Å². The van der Waals surface area contributed by atoms with Gasteiger partial charge >= 0.3 is 0 Å². The Morgan fingerprint density at radius 1 is 1.32 bits per heavy atom. The molecular weight excluding hydrogens is 248 g/mol. The lowest BCUT2D eigenvalue weighted by atomic mass is 10.0. The standard InChI is InChI=1S/C12H22N4O3/c1-8(17)15-10(2-3-11(13)18)12(19)16-9-4-6-14-7-5-9/h9-10,14H,2-7H2,1H3,(H2,13,18)(H,15,17)(H,16,19)/t10-/m0/s1. The second-order valence-electron chi connectivity index (χ2n) is 4.79. The lowest BCUT2D eigenvalue weighted by Gasteiger charge is -2.26. The highest BCUT2D eigenvalue weighted by Gasteiger charge is 2.23. The van der Waals surface area contributed by atoms with Gasteiger partial charge < -0.3 is 21.7 Å². The van der Waals surface area contributed by atoms with Gasteiger partial charge in [-0.05, 0) is 32.4 Å². The molecule has 0 aromatic rings. The third-order valence-electron chi connectivity index (χ3n) is 3.06. The Hall–Kier alpha value is -1.63. The summed E-state index contributed by atoms with van der Waals surface area (Å²) in [5.41, 5.74) is 5.06. The average molecular weight is 270 g/mol. The fraction of sp³-hybridized carbons (Fsp3) is 0.750. The molecule has 1 aliphatic heterocycles. The summed E-state index contributed by atoms with van der Waals surface area (Å²) in [7, 11) is 0. The van der Waals surface area contributed by atoms with Crippen molar-refractivity contribution in [2.24, 2.45) is 5.73 Å². The van der Waals surface area contributed by atoms with E-state index in [0.29, 0.717) is 0 Å². The van der Waals surface area contributed by atoms with Crippen LogP contribution in [0.4, 0.5) is 0 Å². The minimum atomic E-state index is -0.695. The van der Waals surface area contributed by atoms with E-state index in [9.17, 15) is 14.4 Å². The normalized spacial score (nSPS) is 17.5. The molecule has 1 atom stereocenters. The quantitative estimate of drug-likeness (QED) is 0.476. The summed E-state index contributed by atoms with van der Waals surface area (Å²) in [4.78, 5) is 33.9. The van der Waals surface area contributed by atoms with Crippen LogP contribution in [0.15, 0.2) is 0 Å². The Balaban J connectivity index is 2.48.